The number of carbonyl (C=O) groups is 1. The van der Waals surface area contributed by atoms with Crippen molar-refractivity contribution in [2.24, 2.45) is 0 Å². The molecule has 0 fully saturated rings. The van der Waals surface area contributed by atoms with Crippen LogP contribution in [0.1, 0.15) is 18.2 Å². The molecule has 0 aliphatic carbocycles. The summed E-state index contributed by atoms with van der Waals surface area (Å²) >= 11 is 1.48. The van der Waals surface area contributed by atoms with Crippen LogP contribution in [0.15, 0.2) is 63.8 Å². The van der Waals surface area contributed by atoms with E-state index in [-0.39, 0.29) is 18.9 Å². The average molecular weight is 393 g/mol. The first-order valence-electron chi connectivity index (χ1n) is 9.09. The van der Waals surface area contributed by atoms with Gasteiger partial charge in [0.05, 0.1) is 11.2 Å². The third-order valence-corrected chi connectivity index (χ3v) is 5.56. The summed E-state index contributed by atoms with van der Waals surface area (Å²) in [5.74, 6) is -0.643. The van der Waals surface area contributed by atoms with Crippen molar-refractivity contribution in [3.05, 3.63) is 70.0 Å². The molecule has 0 radical (unpaired) electrons. The highest BCUT2D eigenvalue weighted by molar-refractivity contribution is 7.16. The predicted octanol–water partition coefficient (Wildman–Crippen LogP) is 4.31. The van der Waals surface area contributed by atoms with Crippen molar-refractivity contribution in [2.75, 3.05) is 5.32 Å². The molecule has 2 aromatic heterocycles. The lowest BCUT2D eigenvalue weighted by Gasteiger charge is -2.03. The summed E-state index contributed by atoms with van der Waals surface area (Å²) in [5, 5.41) is 3.43. The Kier molecular flexibility index (Phi) is 5.08. The molecule has 28 heavy (non-hydrogen) atoms. The highest BCUT2D eigenvalue weighted by Crippen LogP contribution is 2.31. The van der Waals surface area contributed by atoms with Gasteiger partial charge >= 0.3 is 5.76 Å². The maximum Gasteiger partial charge on any atom is 0.419 e. The van der Waals surface area contributed by atoms with Crippen LogP contribution in [0.3, 0.4) is 0 Å². The lowest BCUT2D eigenvalue weighted by Crippen LogP contribution is -2.19. The molecular weight excluding hydrogens is 374 g/mol. The third kappa shape index (κ3) is 3.61. The number of benzene rings is 2. The van der Waals surface area contributed by atoms with Crippen LogP contribution in [-0.4, -0.2) is 15.5 Å². The van der Waals surface area contributed by atoms with E-state index >= 15 is 0 Å². The molecule has 1 N–H and O–H groups in total. The topological polar surface area (TPSA) is 77.1 Å². The van der Waals surface area contributed by atoms with E-state index in [9.17, 15) is 9.59 Å². The summed E-state index contributed by atoms with van der Waals surface area (Å²) in [7, 11) is 0. The molecule has 142 valence electrons. The number of oxazole rings is 1. The second kappa shape index (κ2) is 7.82. The molecule has 0 unspecified atom stereocenters. The second-order valence-electron chi connectivity index (χ2n) is 6.30. The first kappa shape index (κ1) is 18.2. The Bertz CT molecular complexity index is 1170. The quantitative estimate of drug-likeness (QED) is 0.530. The van der Waals surface area contributed by atoms with Gasteiger partial charge in [0, 0.05) is 23.4 Å². The fourth-order valence-corrected chi connectivity index (χ4v) is 4.03. The van der Waals surface area contributed by atoms with E-state index in [4.69, 9.17) is 4.42 Å². The number of carbonyl (C=O) groups excluding carboxylic acids is 1. The van der Waals surface area contributed by atoms with Crippen LogP contribution in [0.25, 0.3) is 22.4 Å². The second-order valence-corrected chi connectivity index (χ2v) is 7.38. The Morgan fingerprint density at radius 2 is 1.89 bits per heavy atom. The molecular formula is C21H19N3O3S. The van der Waals surface area contributed by atoms with Gasteiger partial charge in [-0.15, -0.1) is 11.3 Å². The number of aryl methyl sites for hydroxylation is 2. The normalized spacial score (nSPS) is 11.0. The number of aromatic nitrogens is 2. The third-order valence-electron chi connectivity index (χ3n) is 4.45. The maximum atomic E-state index is 12.4. The number of nitrogens with zero attached hydrogens (tertiary/aromatic N) is 2. The van der Waals surface area contributed by atoms with Crippen molar-refractivity contribution >= 4 is 33.5 Å². The number of thiazole rings is 1. The minimum Gasteiger partial charge on any atom is -0.408 e. The molecule has 4 rings (SSSR count). The van der Waals surface area contributed by atoms with Crippen LogP contribution in [0.5, 0.6) is 0 Å². The van der Waals surface area contributed by atoms with Gasteiger partial charge in [-0.05, 0) is 18.6 Å². The molecule has 0 atom stereocenters. The van der Waals surface area contributed by atoms with Crippen molar-refractivity contribution in [3.8, 4) is 11.3 Å². The molecule has 0 bridgehead atoms. The zero-order valence-corrected chi connectivity index (χ0v) is 16.2. The van der Waals surface area contributed by atoms with Gasteiger partial charge in [0.15, 0.2) is 10.7 Å². The molecule has 0 saturated heterocycles. The summed E-state index contributed by atoms with van der Waals surface area (Å²) in [6.45, 7) is 2.32. The first-order valence-corrected chi connectivity index (χ1v) is 9.90. The summed E-state index contributed by atoms with van der Waals surface area (Å²) in [5.41, 5.74) is 3.15. The number of anilines is 1. The zero-order valence-electron chi connectivity index (χ0n) is 15.3. The minimum absolute atomic E-state index is 0.158. The lowest BCUT2D eigenvalue weighted by atomic mass is 10.1. The van der Waals surface area contributed by atoms with Gasteiger partial charge in [-0.25, -0.2) is 9.78 Å². The Hall–Kier alpha value is -3.19. The van der Waals surface area contributed by atoms with E-state index in [0.29, 0.717) is 16.2 Å². The number of hydrogen-bond donors (Lipinski definition) is 1. The molecule has 7 heteroatoms. The molecule has 0 spiro atoms. The molecule has 1 amide bonds. The van der Waals surface area contributed by atoms with E-state index in [2.05, 4.69) is 17.2 Å². The van der Waals surface area contributed by atoms with E-state index in [1.54, 1.807) is 18.2 Å². The van der Waals surface area contributed by atoms with E-state index in [1.807, 2.05) is 36.4 Å². The number of amides is 1. The van der Waals surface area contributed by atoms with Gasteiger partial charge in [-0.1, -0.05) is 49.4 Å². The van der Waals surface area contributed by atoms with Gasteiger partial charge in [0.25, 0.3) is 0 Å². The number of fused-ring (bicyclic) bond motifs is 1. The highest BCUT2D eigenvalue weighted by atomic mass is 32.1. The molecule has 2 heterocycles. The summed E-state index contributed by atoms with van der Waals surface area (Å²) in [6.07, 6.45) is 0.999. The van der Waals surface area contributed by atoms with Gasteiger partial charge in [0.2, 0.25) is 5.91 Å². The van der Waals surface area contributed by atoms with Crippen LogP contribution >= 0.6 is 11.3 Å². The van der Waals surface area contributed by atoms with Gasteiger partial charge in [-0.3, -0.25) is 9.36 Å². The van der Waals surface area contributed by atoms with Gasteiger partial charge in [0.1, 0.15) is 0 Å². The smallest absolute Gasteiger partial charge is 0.408 e. The fraction of sp³-hybridized carbons (Fsp3) is 0.190. The molecule has 0 aliphatic rings. The number of rotatable bonds is 6. The van der Waals surface area contributed by atoms with Crippen molar-refractivity contribution in [1.29, 1.82) is 0 Å². The molecule has 2 aromatic carbocycles. The minimum atomic E-state index is -0.456. The predicted molar refractivity (Wildman–Crippen MR) is 111 cm³/mol. The number of para-hydroxylation sites is 2. The molecule has 4 aromatic rings. The average Bonchev–Trinajstić information content (AvgIpc) is 3.27. The van der Waals surface area contributed by atoms with Crippen molar-refractivity contribution in [1.82, 2.24) is 9.55 Å². The van der Waals surface area contributed by atoms with Crippen LogP contribution < -0.4 is 11.1 Å². The van der Waals surface area contributed by atoms with Crippen LogP contribution in [0.4, 0.5) is 5.13 Å². The Labute approximate surface area is 165 Å². The monoisotopic (exact) mass is 393 g/mol. The van der Waals surface area contributed by atoms with E-state index in [0.717, 1.165) is 22.6 Å². The van der Waals surface area contributed by atoms with Gasteiger partial charge < -0.3 is 9.73 Å². The largest absolute Gasteiger partial charge is 0.419 e. The molecule has 0 saturated carbocycles. The SMILES string of the molecule is CCc1sc(NC(=O)CCn2c(=O)oc3ccccc32)nc1-c1ccccc1. The van der Waals surface area contributed by atoms with E-state index in [1.165, 1.54) is 15.9 Å². The standard InChI is InChI=1S/C21H19N3O3S/c1-2-17-19(14-8-4-3-5-9-14)23-20(28-17)22-18(25)12-13-24-15-10-6-7-11-16(15)27-21(24)26/h3-11H,2,12-13H2,1H3,(H,22,23,25). The van der Waals surface area contributed by atoms with Crippen molar-refractivity contribution in [3.63, 3.8) is 0 Å². The first-order chi connectivity index (χ1) is 13.7. The fourth-order valence-electron chi connectivity index (χ4n) is 3.09. The van der Waals surface area contributed by atoms with Crippen molar-refractivity contribution in [2.45, 2.75) is 26.3 Å². The Balaban J connectivity index is 1.48. The Morgan fingerprint density at radius 3 is 2.68 bits per heavy atom. The number of nitrogens with one attached hydrogen (secondary N) is 1. The Morgan fingerprint density at radius 1 is 1.14 bits per heavy atom. The van der Waals surface area contributed by atoms with E-state index < -0.39 is 5.76 Å². The summed E-state index contributed by atoms with van der Waals surface area (Å²) in [6, 6.07) is 17.1. The lowest BCUT2D eigenvalue weighted by molar-refractivity contribution is -0.116. The molecule has 6 nitrogen and oxygen atoms in total. The maximum absolute atomic E-state index is 12.4. The van der Waals surface area contributed by atoms with Crippen LogP contribution in [-0.2, 0) is 17.8 Å². The number of hydrogen-bond acceptors (Lipinski definition) is 5. The highest BCUT2D eigenvalue weighted by Gasteiger charge is 2.15. The molecule has 0 aliphatic heterocycles. The van der Waals surface area contributed by atoms with Crippen LogP contribution in [0, 0.1) is 0 Å². The zero-order chi connectivity index (χ0) is 19.5. The van der Waals surface area contributed by atoms with Crippen molar-refractivity contribution < 1.29 is 9.21 Å². The van der Waals surface area contributed by atoms with Crippen LogP contribution in [0.2, 0.25) is 0 Å². The summed E-state index contributed by atoms with van der Waals surface area (Å²) in [4.78, 5) is 30.1. The van der Waals surface area contributed by atoms with Gasteiger partial charge in [-0.2, -0.15) is 0 Å². The summed E-state index contributed by atoms with van der Waals surface area (Å²) < 4.78 is 6.67.